The largest absolute Gasteiger partial charge is 0.508 e. The zero-order valence-corrected chi connectivity index (χ0v) is 7.18. The number of carbonyl (C=O) groups is 2. The average Bonchev–Trinajstić information content (AvgIpc) is 2.15. The van der Waals surface area contributed by atoms with Crippen molar-refractivity contribution in [2.45, 2.75) is 6.04 Å². The smallest absolute Gasteiger partial charge is 0.330 e. The van der Waals surface area contributed by atoms with Crippen LogP contribution in [0, 0.1) is 0 Å². The highest BCUT2D eigenvalue weighted by molar-refractivity contribution is 5.78. The number of carboxylic acid groups (broad SMARTS) is 1. The Bertz CT molecular complexity index is 333. The minimum atomic E-state index is -1.15. The number of nitrogens with one attached hydrogen (secondary N) is 1. The Morgan fingerprint density at radius 1 is 1.36 bits per heavy atom. The first kappa shape index (κ1) is 10.0. The van der Waals surface area contributed by atoms with Gasteiger partial charge in [-0.2, -0.15) is 0 Å². The van der Waals surface area contributed by atoms with Gasteiger partial charge in [-0.05, 0) is 17.7 Å². The summed E-state index contributed by atoms with van der Waals surface area (Å²) >= 11 is 0. The first-order valence-corrected chi connectivity index (χ1v) is 3.86. The number of carbonyl (C=O) groups excluding carboxylic acids is 1. The number of phenols is 1. The van der Waals surface area contributed by atoms with Crippen LogP contribution in [-0.2, 0) is 9.59 Å². The summed E-state index contributed by atoms with van der Waals surface area (Å²) in [6.07, 6.45) is 0.325. The van der Waals surface area contributed by atoms with Crippen molar-refractivity contribution < 1.29 is 19.8 Å². The topological polar surface area (TPSA) is 86.6 Å². The predicted octanol–water partition coefficient (Wildman–Crippen LogP) is 0.264. The normalized spacial score (nSPS) is 11.7. The van der Waals surface area contributed by atoms with Gasteiger partial charge in [-0.3, -0.25) is 4.79 Å². The second-order valence-corrected chi connectivity index (χ2v) is 2.65. The van der Waals surface area contributed by atoms with E-state index in [1.807, 2.05) is 0 Å². The fraction of sp³-hybridized carbons (Fsp3) is 0.111. The number of benzene rings is 1. The standard InChI is InChI=1S/C9H9NO4/c11-5-10-8(9(13)14)6-1-3-7(12)4-2-6/h1-5,8,12H,(H,10,11)(H,13,14)/t8-/m1/s1. The molecule has 0 saturated heterocycles. The zero-order valence-electron chi connectivity index (χ0n) is 7.18. The molecule has 3 N–H and O–H groups in total. The van der Waals surface area contributed by atoms with E-state index in [9.17, 15) is 9.59 Å². The van der Waals surface area contributed by atoms with Gasteiger partial charge < -0.3 is 15.5 Å². The van der Waals surface area contributed by atoms with Crippen molar-refractivity contribution in [3.63, 3.8) is 0 Å². The molecule has 0 aliphatic carbocycles. The fourth-order valence-electron chi connectivity index (χ4n) is 1.04. The van der Waals surface area contributed by atoms with Gasteiger partial charge in [0.15, 0.2) is 6.04 Å². The molecule has 0 fully saturated rings. The number of rotatable bonds is 4. The lowest BCUT2D eigenvalue weighted by Crippen LogP contribution is -2.27. The van der Waals surface area contributed by atoms with E-state index in [2.05, 4.69) is 5.32 Å². The maximum absolute atomic E-state index is 10.7. The van der Waals surface area contributed by atoms with E-state index in [0.717, 1.165) is 0 Å². The first-order chi connectivity index (χ1) is 6.65. The van der Waals surface area contributed by atoms with E-state index in [4.69, 9.17) is 10.2 Å². The third kappa shape index (κ3) is 2.22. The SMILES string of the molecule is O=CN[C@@H](C(=O)O)c1ccc(O)cc1. The third-order valence-corrected chi connectivity index (χ3v) is 1.71. The third-order valence-electron chi connectivity index (χ3n) is 1.71. The van der Waals surface area contributed by atoms with Crippen molar-refractivity contribution in [2.24, 2.45) is 0 Å². The van der Waals surface area contributed by atoms with E-state index < -0.39 is 12.0 Å². The van der Waals surface area contributed by atoms with Crippen molar-refractivity contribution in [3.8, 4) is 5.75 Å². The van der Waals surface area contributed by atoms with Gasteiger partial charge in [0.05, 0.1) is 0 Å². The first-order valence-electron chi connectivity index (χ1n) is 3.86. The molecule has 0 aliphatic heterocycles. The maximum atomic E-state index is 10.7. The van der Waals surface area contributed by atoms with Gasteiger partial charge in [0, 0.05) is 0 Å². The second-order valence-electron chi connectivity index (χ2n) is 2.65. The average molecular weight is 195 g/mol. The molecule has 1 aromatic carbocycles. The maximum Gasteiger partial charge on any atom is 0.330 e. The van der Waals surface area contributed by atoms with Crippen LogP contribution in [0.3, 0.4) is 0 Å². The molecule has 0 saturated carbocycles. The summed E-state index contributed by atoms with van der Waals surface area (Å²) in [5.41, 5.74) is 0.405. The molecular weight excluding hydrogens is 186 g/mol. The Balaban J connectivity index is 2.93. The van der Waals surface area contributed by atoms with Crippen molar-refractivity contribution in [2.75, 3.05) is 0 Å². The van der Waals surface area contributed by atoms with Crippen LogP contribution in [0.25, 0.3) is 0 Å². The van der Waals surface area contributed by atoms with Gasteiger partial charge >= 0.3 is 5.97 Å². The van der Waals surface area contributed by atoms with E-state index in [-0.39, 0.29) is 5.75 Å². The van der Waals surface area contributed by atoms with Crippen LogP contribution < -0.4 is 5.32 Å². The summed E-state index contributed by atoms with van der Waals surface area (Å²) in [5, 5.41) is 19.9. The quantitative estimate of drug-likeness (QED) is 0.601. The number of phenolic OH excluding ortho intramolecular Hbond substituents is 1. The molecule has 0 spiro atoms. The van der Waals surface area contributed by atoms with Crippen molar-refractivity contribution >= 4 is 12.4 Å². The van der Waals surface area contributed by atoms with Crippen LogP contribution in [0.5, 0.6) is 5.75 Å². The van der Waals surface area contributed by atoms with Gasteiger partial charge in [0.1, 0.15) is 5.75 Å². The molecule has 1 aromatic rings. The minimum absolute atomic E-state index is 0.0454. The van der Waals surface area contributed by atoms with Crippen LogP contribution in [0.2, 0.25) is 0 Å². The molecule has 0 unspecified atom stereocenters. The summed E-state index contributed by atoms with van der Waals surface area (Å²) < 4.78 is 0. The molecule has 1 rings (SSSR count). The van der Waals surface area contributed by atoms with Crippen LogP contribution in [0.4, 0.5) is 0 Å². The van der Waals surface area contributed by atoms with E-state index in [1.165, 1.54) is 24.3 Å². The van der Waals surface area contributed by atoms with Gasteiger partial charge in [-0.25, -0.2) is 4.79 Å². The highest BCUT2D eigenvalue weighted by atomic mass is 16.4. The summed E-state index contributed by atoms with van der Waals surface area (Å²) in [6.45, 7) is 0. The Morgan fingerprint density at radius 2 is 1.93 bits per heavy atom. The molecule has 1 amide bonds. The van der Waals surface area contributed by atoms with Gasteiger partial charge in [-0.15, -0.1) is 0 Å². The Kier molecular flexibility index (Phi) is 3.06. The molecule has 1 atom stereocenters. The Morgan fingerprint density at radius 3 is 2.36 bits per heavy atom. The number of amides is 1. The number of aliphatic carboxylic acids is 1. The predicted molar refractivity (Wildman–Crippen MR) is 47.7 cm³/mol. The highest BCUT2D eigenvalue weighted by Gasteiger charge is 2.18. The Hall–Kier alpha value is -2.04. The van der Waals surface area contributed by atoms with Crippen molar-refractivity contribution in [1.29, 1.82) is 0 Å². The summed E-state index contributed by atoms with van der Waals surface area (Å²) in [7, 11) is 0. The zero-order chi connectivity index (χ0) is 10.6. The van der Waals surface area contributed by atoms with Crippen LogP contribution in [0.15, 0.2) is 24.3 Å². The molecule has 0 radical (unpaired) electrons. The molecule has 74 valence electrons. The highest BCUT2D eigenvalue weighted by Crippen LogP contribution is 2.16. The summed E-state index contributed by atoms with van der Waals surface area (Å²) in [6, 6.07) is 4.51. The van der Waals surface area contributed by atoms with Crippen LogP contribution in [-0.4, -0.2) is 22.6 Å². The van der Waals surface area contributed by atoms with E-state index >= 15 is 0 Å². The molecular formula is C9H9NO4. The molecule has 5 nitrogen and oxygen atoms in total. The molecule has 0 aliphatic rings. The Labute approximate surface area is 80.0 Å². The van der Waals surface area contributed by atoms with E-state index in [1.54, 1.807) is 0 Å². The summed E-state index contributed by atoms with van der Waals surface area (Å²) in [5.74, 6) is -1.10. The molecule has 0 bridgehead atoms. The van der Waals surface area contributed by atoms with Crippen LogP contribution >= 0.6 is 0 Å². The van der Waals surface area contributed by atoms with Gasteiger partial charge in [0.2, 0.25) is 6.41 Å². The molecule has 5 heteroatoms. The number of hydrogen-bond acceptors (Lipinski definition) is 3. The lowest BCUT2D eigenvalue weighted by atomic mass is 10.1. The van der Waals surface area contributed by atoms with Crippen molar-refractivity contribution in [1.82, 2.24) is 5.32 Å². The molecule has 14 heavy (non-hydrogen) atoms. The second kappa shape index (κ2) is 4.27. The lowest BCUT2D eigenvalue weighted by molar-refractivity contribution is -0.140. The number of carboxylic acids is 1. The number of hydrogen-bond donors (Lipinski definition) is 3. The minimum Gasteiger partial charge on any atom is -0.508 e. The lowest BCUT2D eigenvalue weighted by Gasteiger charge is -2.10. The van der Waals surface area contributed by atoms with Gasteiger partial charge in [0.25, 0.3) is 0 Å². The van der Waals surface area contributed by atoms with Crippen LogP contribution in [0.1, 0.15) is 11.6 Å². The van der Waals surface area contributed by atoms with E-state index in [0.29, 0.717) is 12.0 Å². The van der Waals surface area contributed by atoms with Crippen molar-refractivity contribution in [3.05, 3.63) is 29.8 Å². The molecule has 0 heterocycles. The van der Waals surface area contributed by atoms with Gasteiger partial charge in [-0.1, -0.05) is 12.1 Å². The monoisotopic (exact) mass is 195 g/mol. The molecule has 0 aromatic heterocycles. The number of aromatic hydroxyl groups is 1. The fourth-order valence-corrected chi connectivity index (χ4v) is 1.04. The summed E-state index contributed by atoms with van der Waals surface area (Å²) in [4.78, 5) is 20.8.